The third-order valence-electron chi connectivity index (χ3n) is 2.71. The number of alkyl halides is 3. The molecule has 0 bridgehead atoms. The van der Waals surface area contributed by atoms with E-state index in [0.29, 0.717) is 15.7 Å². The molecule has 0 radical (unpaired) electrons. The van der Waals surface area contributed by atoms with Crippen molar-refractivity contribution in [2.45, 2.75) is 6.18 Å². The molecule has 0 aliphatic heterocycles. The fraction of sp³-hybridized carbons (Fsp3) is 0.0714. The van der Waals surface area contributed by atoms with E-state index in [1.807, 2.05) is 0 Å². The molecule has 2 aromatic carbocycles. The molecule has 0 aliphatic carbocycles. The van der Waals surface area contributed by atoms with Gasteiger partial charge in [-0.15, -0.1) is 0 Å². The number of halogens is 6. The minimum absolute atomic E-state index is 0.0961. The lowest BCUT2D eigenvalue weighted by atomic mass is 10.2. The van der Waals surface area contributed by atoms with Gasteiger partial charge in [0.05, 0.1) is 20.6 Å². The molecule has 9 heteroatoms. The quantitative estimate of drug-likeness (QED) is 0.566. The van der Waals surface area contributed by atoms with Crippen LogP contribution in [0, 0.1) is 0 Å². The van der Waals surface area contributed by atoms with Gasteiger partial charge in [0.15, 0.2) is 5.11 Å². The van der Waals surface area contributed by atoms with Crippen molar-refractivity contribution in [3.63, 3.8) is 0 Å². The molecule has 23 heavy (non-hydrogen) atoms. The smallest absolute Gasteiger partial charge is 0.332 e. The first kappa shape index (κ1) is 18.1. The molecule has 0 unspecified atom stereocenters. The molecular formula is C14H8Cl3F3N2S. The van der Waals surface area contributed by atoms with Crippen LogP contribution in [-0.2, 0) is 6.18 Å². The lowest BCUT2D eigenvalue weighted by Gasteiger charge is -2.14. The van der Waals surface area contributed by atoms with Gasteiger partial charge in [0.2, 0.25) is 0 Å². The van der Waals surface area contributed by atoms with E-state index in [-0.39, 0.29) is 15.8 Å². The van der Waals surface area contributed by atoms with Crippen LogP contribution in [0.4, 0.5) is 24.5 Å². The second-order valence-electron chi connectivity index (χ2n) is 4.40. The van der Waals surface area contributed by atoms with Crippen LogP contribution in [-0.4, -0.2) is 5.11 Å². The molecule has 0 amide bonds. The summed E-state index contributed by atoms with van der Waals surface area (Å²) in [7, 11) is 0. The predicted molar refractivity (Wildman–Crippen MR) is 92.8 cm³/mol. The fourth-order valence-electron chi connectivity index (χ4n) is 1.69. The van der Waals surface area contributed by atoms with E-state index in [9.17, 15) is 13.2 Å². The summed E-state index contributed by atoms with van der Waals surface area (Å²) in [6.45, 7) is 0. The number of rotatable bonds is 2. The Labute approximate surface area is 150 Å². The highest BCUT2D eigenvalue weighted by atomic mass is 35.5. The highest BCUT2D eigenvalue weighted by molar-refractivity contribution is 7.80. The predicted octanol–water partition coefficient (Wildman–Crippen LogP) is 6.47. The molecule has 2 nitrogen and oxygen atoms in total. The van der Waals surface area contributed by atoms with Gasteiger partial charge < -0.3 is 10.6 Å². The van der Waals surface area contributed by atoms with E-state index in [4.69, 9.17) is 47.0 Å². The molecule has 0 spiro atoms. The van der Waals surface area contributed by atoms with Crippen molar-refractivity contribution < 1.29 is 13.2 Å². The van der Waals surface area contributed by atoms with Crippen molar-refractivity contribution in [3.8, 4) is 0 Å². The van der Waals surface area contributed by atoms with Gasteiger partial charge in [-0.2, -0.15) is 13.2 Å². The Morgan fingerprint density at radius 1 is 0.826 bits per heavy atom. The summed E-state index contributed by atoms with van der Waals surface area (Å²) < 4.78 is 38.4. The first-order valence-electron chi connectivity index (χ1n) is 6.06. The van der Waals surface area contributed by atoms with E-state index in [0.717, 1.165) is 12.1 Å². The van der Waals surface area contributed by atoms with Crippen molar-refractivity contribution in [2.75, 3.05) is 10.6 Å². The van der Waals surface area contributed by atoms with Crippen LogP contribution in [0.2, 0.25) is 15.1 Å². The summed E-state index contributed by atoms with van der Waals surface area (Å²) >= 11 is 22.3. The van der Waals surface area contributed by atoms with E-state index in [2.05, 4.69) is 10.6 Å². The zero-order valence-corrected chi connectivity index (χ0v) is 14.2. The second-order valence-corrected chi connectivity index (χ2v) is 6.03. The van der Waals surface area contributed by atoms with Gasteiger partial charge in [0, 0.05) is 11.4 Å². The molecule has 0 heterocycles. The van der Waals surface area contributed by atoms with Crippen molar-refractivity contribution in [3.05, 3.63) is 57.0 Å². The SMILES string of the molecule is FC(F)(F)c1cc(NC(=S)Nc2ccc(Cl)c(Cl)c2)ccc1Cl. The summed E-state index contributed by atoms with van der Waals surface area (Å²) in [6.07, 6.45) is -4.55. The summed E-state index contributed by atoms with van der Waals surface area (Å²) in [5, 5.41) is 5.86. The molecule has 2 aromatic rings. The van der Waals surface area contributed by atoms with Gasteiger partial charge in [0.1, 0.15) is 0 Å². The van der Waals surface area contributed by atoms with Crippen LogP contribution in [0.15, 0.2) is 36.4 Å². The van der Waals surface area contributed by atoms with E-state index in [1.54, 1.807) is 18.2 Å². The number of hydrogen-bond acceptors (Lipinski definition) is 1. The average molecular weight is 400 g/mol. The molecule has 0 fully saturated rings. The molecule has 2 rings (SSSR count). The van der Waals surface area contributed by atoms with E-state index >= 15 is 0 Å². The molecule has 0 saturated heterocycles. The van der Waals surface area contributed by atoms with Gasteiger partial charge in [-0.3, -0.25) is 0 Å². The topological polar surface area (TPSA) is 24.1 Å². The summed E-state index contributed by atoms with van der Waals surface area (Å²) in [5.41, 5.74) is -0.248. The Bertz CT molecular complexity index is 751. The summed E-state index contributed by atoms with van der Waals surface area (Å²) in [4.78, 5) is 0. The van der Waals surface area contributed by atoms with Gasteiger partial charge >= 0.3 is 6.18 Å². The third kappa shape index (κ3) is 4.88. The summed E-state index contributed by atoms with van der Waals surface area (Å²) in [5.74, 6) is 0. The Kier molecular flexibility index (Phi) is 5.62. The van der Waals surface area contributed by atoms with Crippen LogP contribution < -0.4 is 10.6 Å². The molecule has 0 aliphatic rings. The highest BCUT2D eigenvalue weighted by Gasteiger charge is 2.33. The van der Waals surface area contributed by atoms with Gasteiger partial charge in [-0.05, 0) is 48.6 Å². The van der Waals surface area contributed by atoms with Crippen molar-refractivity contribution >= 4 is 63.5 Å². The standard InChI is InChI=1S/C14H8Cl3F3N2S/c15-10-3-1-7(5-9(10)14(18,19)20)21-13(23)22-8-2-4-11(16)12(17)6-8/h1-6H,(H2,21,22,23). The molecule has 0 saturated carbocycles. The Balaban J connectivity index is 2.12. The van der Waals surface area contributed by atoms with Crippen molar-refractivity contribution in [1.29, 1.82) is 0 Å². The molecule has 2 N–H and O–H groups in total. The van der Waals surface area contributed by atoms with Crippen LogP contribution >= 0.6 is 47.0 Å². The fourth-order valence-corrected chi connectivity index (χ4v) is 2.45. The number of benzene rings is 2. The van der Waals surface area contributed by atoms with Crippen molar-refractivity contribution in [2.24, 2.45) is 0 Å². The first-order chi connectivity index (χ1) is 10.7. The lowest BCUT2D eigenvalue weighted by molar-refractivity contribution is -0.137. The first-order valence-corrected chi connectivity index (χ1v) is 7.61. The second kappa shape index (κ2) is 7.13. The Morgan fingerprint density at radius 2 is 1.35 bits per heavy atom. The maximum atomic E-state index is 12.8. The zero-order chi connectivity index (χ0) is 17.2. The molecule has 122 valence electrons. The zero-order valence-electron chi connectivity index (χ0n) is 11.1. The minimum atomic E-state index is -4.55. The van der Waals surface area contributed by atoms with E-state index < -0.39 is 11.7 Å². The van der Waals surface area contributed by atoms with Crippen LogP contribution in [0.3, 0.4) is 0 Å². The number of hydrogen-bond donors (Lipinski definition) is 2. The summed E-state index contributed by atoms with van der Waals surface area (Å²) in [6, 6.07) is 8.16. The number of nitrogens with one attached hydrogen (secondary N) is 2. The monoisotopic (exact) mass is 398 g/mol. The number of thiocarbonyl (C=S) groups is 1. The minimum Gasteiger partial charge on any atom is -0.332 e. The normalized spacial score (nSPS) is 11.2. The van der Waals surface area contributed by atoms with Crippen LogP contribution in [0.1, 0.15) is 5.56 Å². The molecule has 0 aromatic heterocycles. The number of anilines is 2. The largest absolute Gasteiger partial charge is 0.417 e. The Morgan fingerprint density at radius 3 is 1.87 bits per heavy atom. The van der Waals surface area contributed by atoms with Crippen LogP contribution in [0.5, 0.6) is 0 Å². The average Bonchev–Trinajstić information content (AvgIpc) is 2.44. The highest BCUT2D eigenvalue weighted by Crippen LogP contribution is 2.36. The van der Waals surface area contributed by atoms with Gasteiger partial charge in [-0.25, -0.2) is 0 Å². The molecule has 0 atom stereocenters. The van der Waals surface area contributed by atoms with E-state index in [1.165, 1.54) is 6.07 Å². The van der Waals surface area contributed by atoms with Gasteiger partial charge in [0.25, 0.3) is 0 Å². The third-order valence-corrected chi connectivity index (χ3v) is 3.98. The van der Waals surface area contributed by atoms with Crippen molar-refractivity contribution in [1.82, 2.24) is 0 Å². The maximum Gasteiger partial charge on any atom is 0.417 e. The Hall–Kier alpha value is -1.21. The van der Waals surface area contributed by atoms with Crippen LogP contribution in [0.25, 0.3) is 0 Å². The molecular weight excluding hydrogens is 392 g/mol. The lowest BCUT2D eigenvalue weighted by Crippen LogP contribution is -2.19. The maximum absolute atomic E-state index is 12.8. The van der Waals surface area contributed by atoms with Gasteiger partial charge in [-0.1, -0.05) is 34.8 Å².